The van der Waals surface area contributed by atoms with Crippen molar-refractivity contribution in [1.29, 1.82) is 0 Å². The second-order valence-electron chi connectivity index (χ2n) is 5.14. The van der Waals surface area contributed by atoms with E-state index in [1.807, 2.05) is 0 Å². The Bertz CT molecular complexity index is 161. The Balaban J connectivity index is 2.20. The summed E-state index contributed by atoms with van der Waals surface area (Å²) >= 11 is 0. The van der Waals surface area contributed by atoms with Gasteiger partial charge in [0.1, 0.15) is 0 Å². The summed E-state index contributed by atoms with van der Waals surface area (Å²) in [4.78, 5) is 0. The van der Waals surface area contributed by atoms with Gasteiger partial charge in [0.2, 0.25) is 0 Å². The molecule has 0 amide bonds. The van der Waals surface area contributed by atoms with E-state index < -0.39 is 0 Å². The van der Waals surface area contributed by atoms with E-state index in [1.54, 1.807) is 0 Å². The van der Waals surface area contributed by atoms with Crippen LogP contribution in [-0.4, -0.2) is 24.3 Å². The van der Waals surface area contributed by atoms with Crippen LogP contribution in [0.5, 0.6) is 0 Å². The van der Waals surface area contributed by atoms with Crippen molar-refractivity contribution in [3.63, 3.8) is 0 Å². The lowest BCUT2D eigenvalue weighted by atomic mass is 9.96. The van der Waals surface area contributed by atoms with E-state index in [9.17, 15) is 0 Å². The lowest BCUT2D eigenvalue weighted by Crippen LogP contribution is -2.36. The molecule has 0 radical (unpaired) electrons. The maximum atomic E-state index is 8.98. The average Bonchev–Trinajstić information content (AvgIpc) is 2.70. The third-order valence-electron chi connectivity index (χ3n) is 3.63. The Morgan fingerprint density at radius 1 is 1.40 bits per heavy atom. The van der Waals surface area contributed by atoms with Crippen LogP contribution in [0.1, 0.15) is 52.4 Å². The minimum absolute atomic E-state index is 0.305. The molecular weight excluding hydrogens is 186 g/mol. The van der Waals surface area contributed by atoms with E-state index >= 15 is 0 Å². The molecule has 2 N–H and O–H groups in total. The Kier molecular flexibility index (Phi) is 6.26. The Morgan fingerprint density at radius 3 is 2.87 bits per heavy atom. The molecule has 90 valence electrons. The van der Waals surface area contributed by atoms with E-state index in [0.29, 0.717) is 12.5 Å². The van der Waals surface area contributed by atoms with Crippen molar-refractivity contribution in [3.05, 3.63) is 0 Å². The highest BCUT2D eigenvalue weighted by atomic mass is 16.3. The van der Waals surface area contributed by atoms with Crippen molar-refractivity contribution < 1.29 is 5.11 Å². The smallest absolute Gasteiger partial charge is 0.0468 e. The molecule has 0 spiro atoms. The Labute approximate surface area is 94.5 Å². The van der Waals surface area contributed by atoms with E-state index in [0.717, 1.165) is 18.5 Å². The van der Waals surface area contributed by atoms with Crippen LogP contribution in [0.25, 0.3) is 0 Å². The molecule has 0 aromatic rings. The van der Waals surface area contributed by atoms with E-state index in [2.05, 4.69) is 19.2 Å². The normalized spacial score (nSPS) is 28.2. The Hall–Kier alpha value is -0.0800. The van der Waals surface area contributed by atoms with Crippen LogP contribution >= 0.6 is 0 Å². The lowest BCUT2D eigenvalue weighted by molar-refractivity contribution is 0.225. The van der Waals surface area contributed by atoms with Gasteiger partial charge in [-0.25, -0.2) is 0 Å². The zero-order valence-electron chi connectivity index (χ0n) is 10.3. The SMILES string of the molecule is CCCCC1CCCC1NCC(C)CO. The summed E-state index contributed by atoms with van der Waals surface area (Å²) in [5.41, 5.74) is 0. The molecule has 15 heavy (non-hydrogen) atoms. The fourth-order valence-electron chi connectivity index (χ4n) is 2.53. The number of aliphatic hydroxyl groups excluding tert-OH is 1. The third-order valence-corrected chi connectivity index (χ3v) is 3.63. The molecule has 1 saturated carbocycles. The molecule has 2 nitrogen and oxygen atoms in total. The maximum Gasteiger partial charge on any atom is 0.0468 e. The summed E-state index contributed by atoms with van der Waals surface area (Å²) in [6, 6.07) is 0.727. The number of nitrogens with one attached hydrogen (secondary N) is 1. The molecule has 1 fully saturated rings. The number of rotatable bonds is 7. The zero-order chi connectivity index (χ0) is 11.1. The molecule has 0 aromatic carbocycles. The molecule has 1 aliphatic rings. The Morgan fingerprint density at radius 2 is 2.20 bits per heavy atom. The first-order chi connectivity index (χ1) is 7.27. The molecule has 1 aliphatic carbocycles. The number of unbranched alkanes of at least 4 members (excludes halogenated alkanes) is 1. The highest BCUT2D eigenvalue weighted by Gasteiger charge is 2.26. The second kappa shape index (κ2) is 7.24. The topological polar surface area (TPSA) is 32.3 Å². The van der Waals surface area contributed by atoms with Crippen molar-refractivity contribution in [3.8, 4) is 0 Å². The van der Waals surface area contributed by atoms with Crippen LogP contribution < -0.4 is 5.32 Å². The van der Waals surface area contributed by atoms with Gasteiger partial charge in [-0.1, -0.05) is 33.1 Å². The zero-order valence-corrected chi connectivity index (χ0v) is 10.3. The largest absolute Gasteiger partial charge is 0.396 e. The van der Waals surface area contributed by atoms with Crippen LogP contribution in [-0.2, 0) is 0 Å². The molecule has 2 heteroatoms. The van der Waals surface area contributed by atoms with Gasteiger partial charge in [-0.15, -0.1) is 0 Å². The molecule has 0 aromatic heterocycles. The first-order valence-electron chi connectivity index (χ1n) is 6.62. The van der Waals surface area contributed by atoms with Crippen molar-refractivity contribution in [1.82, 2.24) is 5.32 Å². The summed E-state index contributed by atoms with van der Waals surface area (Å²) < 4.78 is 0. The average molecular weight is 213 g/mol. The highest BCUT2D eigenvalue weighted by molar-refractivity contribution is 4.83. The van der Waals surface area contributed by atoms with E-state index in [1.165, 1.54) is 38.5 Å². The lowest BCUT2D eigenvalue weighted by Gasteiger charge is -2.22. The van der Waals surface area contributed by atoms with Crippen LogP contribution in [0.15, 0.2) is 0 Å². The molecular formula is C13H27NO. The van der Waals surface area contributed by atoms with Crippen LogP contribution in [0.2, 0.25) is 0 Å². The summed E-state index contributed by atoms with van der Waals surface area (Å²) in [5, 5.41) is 12.6. The fraction of sp³-hybridized carbons (Fsp3) is 1.00. The van der Waals surface area contributed by atoms with E-state index in [4.69, 9.17) is 5.11 Å². The van der Waals surface area contributed by atoms with Crippen molar-refractivity contribution >= 4 is 0 Å². The first-order valence-corrected chi connectivity index (χ1v) is 6.62. The standard InChI is InChI=1S/C13H27NO/c1-3-4-6-12-7-5-8-13(12)14-9-11(2)10-15/h11-15H,3-10H2,1-2H3. The van der Waals surface area contributed by atoms with Crippen molar-refractivity contribution in [2.24, 2.45) is 11.8 Å². The third kappa shape index (κ3) is 4.52. The minimum atomic E-state index is 0.305. The fourth-order valence-corrected chi connectivity index (χ4v) is 2.53. The number of hydrogen-bond acceptors (Lipinski definition) is 2. The van der Waals surface area contributed by atoms with Gasteiger partial charge in [-0.3, -0.25) is 0 Å². The summed E-state index contributed by atoms with van der Waals surface area (Å²) in [5.74, 6) is 1.30. The predicted molar refractivity (Wildman–Crippen MR) is 64.9 cm³/mol. The van der Waals surface area contributed by atoms with E-state index in [-0.39, 0.29) is 0 Å². The van der Waals surface area contributed by atoms with Crippen LogP contribution in [0.3, 0.4) is 0 Å². The summed E-state index contributed by atoms with van der Waals surface area (Å²) in [6.07, 6.45) is 8.22. The van der Waals surface area contributed by atoms with Crippen molar-refractivity contribution in [2.45, 2.75) is 58.4 Å². The van der Waals surface area contributed by atoms with Gasteiger partial charge in [0, 0.05) is 19.2 Å². The molecule has 0 bridgehead atoms. The quantitative estimate of drug-likeness (QED) is 0.681. The van der Waals surface area contributed by atoms with Gasteiger partial charge in [-0.05, 0) is 31.1 Å². The molecule has 3 unspecified atom stereocenters. The van der Waals surface area contributed by atoms with Gasteiger partial charge in [0.15, 0.2) is 0 Å². The maximum absolute atomic E-state index is 8.98. The van der Waals surface area contributed by atoms with Gasteiger partial charge in [-0.2, -0.15) is 0 Å². The van der Waals surface area contributed by atoms with Gasteiger partial charge < -0.3 is 10.4 Å². The second-order valence-corrected chi connectivity index (χ2v) is 5.14. The van der Waals surface area contributed by atoms with Crippen LogP contribution in [0.4, 0.5) is 0 Å². The van der Waals surface area contributed by atoms with Crippen molar-refractivity contribution in [2.75, 3.05) is 13.2 Å². The molecule has 1 rings (SSSR count). The predicted octanol–water partition coefficient (Wildman–Crippen LogP) is 2.56. The summed E-state index contributed by atoms with van der Waals surface area (Å²) in [6.45, 7) is 5.65. The highest BCUT2D eigenvalue weighted by Crippen LogP contribution is 2.29. The number of aliphatic hydroxyl groups is 1. The van der Waals surface area contributed by atoms with Gasteiger partial charge >= 0.3 is 0 Å². The molecule has 3 atom stereocenters. The minimum Gasteiger partial charge on any atom is -0.396 e. The summed E-state index contributed by atoms with van der Waals surface area (Å²) in [7, 11) is 0. The monoisotopic (exact) mass is 213 g/mol. The van der Waals surface area contributed by atoms with Gasteiger partial charge in [0.25, 0.3) is 0 Å². The van der Waals surface area contributed by atoms with Gasteiger partial charge in [0.05, 0.1) is 0 Å². The first kappa shape index (κ1) is 13.0. The molecule has 0 aliphatic heterocycles. The molecule has 0 saturated heterocycles. The van der Waals surface area contributed by atoms with Crippen LogP contribution in [0, 0.1) is 11.8 Å². The number of hydrogen-bond donors (Lipinski definition) is 2. The molecule has 0 heterocycles.